The molecule has 1 aliphatic heterocycles. The summed E-state index contributed by atoms with van der Waals surface area (Å²) in [6, 6.07) is 3.87. The van der Waals surface area contributed by atoms with Gasteiger partial charge in [-0.05, 0) is 58.1 Å². The summed E-state index contributed by atoms with van der Waals surface area (Å²) in [7, 11) is -0.785. The Morgan fingerprint density at radius 2 is 1.77 bits per heavy atom. The van der Waals surface area contributed by atoms with Gasteiger partial charge in [0.2, 0.25) is 0 Å². The summed E-state index contributed by atoms with van der Waals surface area (Å²) >= 11 is 0. The summed E-state index contributed by atoms with van der Waals surface area (Å²) in [5, 5.41) is 2.68. The van der Waals surface area contributed by atoms with Gasteiger partial charge in [-0.3, -0.25) is 4.79 Å². The first-order valence-corrected chi connectivity index (χ1v) is 8.44. The lowest BCUT2D eigenvalue weighted by Gasteiger charge is -2.32. The molecule has 0 radical (unpaired) electrons. The molecule has 1 heterocycles. The maximum atomic E-state index is 12.7. The van der Waals surface area contributed by atoms with E-state index >= 15 is 0 Å². The zero-order valence-electron chi connectivity index (χ0n) is 15.1. The Morgan fingerprint density at radius 3 is 2.27 bits per heavy atom. The van der Waals surface area contributed by atoms with Gasteiger partial charge in [0.05, 0.1) is 16.8 Å². The number of benzene rings is 1. The molecule has 0 atom stereocenters. The van der Waals surface area contributed by atoms with Crippen LogP contribution in [-0.2, 0) is 9.31 Å². The van der Waals surface area contributed by atoms with Crippen LogP contribution in [0.5, 0.6) is 5.75 Å². The molecule has 9 heteroatoms. The number of nitrogens with one attached hydrogen (secondary N) is 1. The third-order valence-corrected chi connectivity index (χ3v) is 4.91. The van der Waals surface area contributed by atoms with Crippen LogP contribution in [0, 0.1) is 0 Å². The Bertz CT molecular complexity index is 700. The van der Waals surface area contributed by atoms with Crippen LogP contribution in [0.3, 0.4) is 0 Å². The van der Waals surface area contributed by atoms with Gasteiger partial charge in [0.1, 0.15) is 5.75 Å². The van der Waals surface area contributed by atoms with Crippen molar-refractivity contribution < 1.29 is 32.0 Å². The fourth-order valence-electron chi connectivity index (χ4n) is 2.56. The molecule has 2 fully saturated rings. The smallest absolute Gasteiger partial charge is 0.405 e. The summed E-state index contributed by atoms with van der Waals surface area (Å²) in [5.74, 6) is -1.15. The summed E-state index contributed by atoms with van der Waals surface area (Å²) in [5.41, 5.74) is -0.939. The van der Waals surface area contributed by atoms with Crippen molar-refractivity contribution in [1.82, 2.24) is 5.32 Å². The van der Waals surface area contributed by atoms with Gasteiger partial charge >= 0.3 is 13.5 Å². The fraction of sp³-hybridized carbons (Fsp3) is 0.588. The minimum atomic E-state index is -4.89. The second kappa shape index (κ2) is 6.16. The molecule has 1 saturated heterocycles. The molecule has 1 N–H and O–H groups in total. The fourth-order valence-corrected chi connectivity index (χ4v) is 2.56. The first-order valence-electron chi connectivity index (χ1n) is 8.44. The molecule has 26 heavy (non-hydrogen) atoms. The highest BCUT2D eigenvalue weighted by molar-refractivity contribution is 6.62. The highest BCUT2D eigenvalue weighted by Gasteiger charge is 2.52. The molecule has 0 bridgehead atoms. The van der Waals surface area contributed by atoms with E-state index in [1.807, 2.05) is 27.7 Å². The largest absolute Gasteiger partial charge is 0.573 e. The normalized spacial score (nSPS) is 21.6. The van der Waals surface area contributed by atoms with E-state index in [1.165, 1.54) is 12.1 Å². The number of hydrogen-bond acceptors (Lipinski definition) is 4. The topological polar surface area (TPSA) is 56.8 Å². The van der Waals surface area contributed by atoms with E-state index in [2.05, 4.69) is 10.1 Å². The molecule has 3 rings (SSSR count). The summed E-state index contributed by atoms with van der Waals surface area (Å²) in [6.07, 6.45) is -3.25. The minimum absolute atomic E-state index is 0.00161. The van der Waals surface area contributed by atoms with Crippen LogP contribution in [0.1, 0.15) is 50.9 Å². The van der Waals surface area contributed by atoms with Crippen LogP contribution in [0.4, 0.5) is 13.2 Å². The number of halogens is 3. The quantitative estimate of drug-likeness (QED) is 0.828. The van der Waals surface area contributed by atoms with E-state index in [0.29, 0.717) is 5.46 Å². The van der Waals surface area contributed by atoms with E-state index in [-0.39, 0.29) is 11.6 Å². The second-order valence-electron chi connectivity index (χ2n) is 7.64. The number of alkyl halides is 3. The highest BCUT2D eigenvalue weighted by Crippen LogP contribution is 2.37. The maximum Gasteiger partial charge on any atom is 0.573 e. The number of hydrogen-bond donors (Lipinski definition) is 1. The molecule has 1 amide bonds. The van der Waals surface area contributed by atoms with Gasteiger partial charge in [-0.2, -0.15) is 0 Å². The SMILES string of the molecule is CC1(C)OB(c2ccc(OC(F)(F)F)c(C(=O)NC3CC3)c2)OC1(C)C. The third kappa shape index (κ3) is 3.98. The summed E-state index contributed by atoms with van der Waals surface area (Å²) < 4.78 is 53.8. The molecule has 1 aromatic carbocycles. The highest BCUT2D eigenvalue weighted by atomic mass is 19.4. The maximum absolute atomic E-state index is 12.7. The van der Waals surface area contributed by atoms with Crippen LogP contribution in [-0.4, -0.2) is 36.6 Å². The van der Waals surface area contributed by atoms with E-state index in [0.717, 1.165) is 18.9 Å². The number of ether oxygens (including phenoxy) is 1. The lowest BCUT2D eigenvalue weighted by atomic mass is 9.78. The number of rotatable bonds is 4. The zero-order chi connectivity index (χ0) is 19.3. The van der Waals surface area contributed by atoms with Crippen LogP contribution in [0.2, 0.25) is 0 Å². The van der Waals surface area contributed by atoms with Crippen LogP contribution >= 0.6 is 0 Å². The lowest BCUT2D eigenvalue weighted by Crippen LogP contribution is -2.41. The number of carbonyl (C=O) groups excluding carboxylic acids is 1. The molecule has 5 nitrogen and oxygen atoms in total. The third-order valence-electron chi connectivity index (χ3n) is 4.91. The first kappa shape index (κ1) is 19.0. The van der Waals surface area contributed by atoms with E-state index in [1.54, 1.807) is 0 Å². The van der Waals surface area contributed by atoms with Crippen LogP contribution < -0.4 is 15.5 Å². The average molecular weight is 371 g/mol. The van der Waals surface area contributed by atoms with Crippen LogP contribution in [0.25, 0.3) is 0 Å². The van der Waals surface area contributed by atoms with Gasteiger partial charge < -0.3 is 19.4 Å². The van der Waals surface area contributed by atoms with Crippen molar-refractivity contribution in [3.8, 4) is 5.75 Å². The van der Waals surface area contributed by atoms with Crippen molar-refractivity contribution in [2.45, 2.75) is 64.1 Å². The summed E-state index contributed by atoms with van der Waals surface area (Å²) in [4.78, 5) is 12.4. The van der Waals surface area contributed by atoms with Gasteiger partial charge in [0.25, 0.3) is 5.91 Å². The Labute approximate surface area is 150 Å². The van der Waals surface area contributed by atoms with Gasteiger partial charge in [-0.25, -0.2) is 0 Å². The Morgan fingerprint density at radius 1 is 1.19 bits per heavy atom. The second-order valence-corrected chi connectivity index (χ2v) is 7.64. The van der Waals surface area contributed by atoms with Crippen molar-refractivity contribution in [1.29, 1.82) is 0 Å². The van der Waals surface area contributed by atoms with Gasteiger partial charge in [-0.1, -0.05) is 6.07 Å². The molecule has 0 aromatic heterocycles. The molecule has 1 saturated carbocycles. The van der Waals surface area contributed by atoms with Gasteiger partial charge in [0.15, 0.2) is 0 Å². The standard InChI is InChI=1S/C17H21BF3NO4/c1-15(2)16(3,4)26-18(25-15)10-5-8-13(24-17(19,20)21)12(9-10)14(23)22-11-6-7-11/h5,8-9,11H,6-7H2,1-4H3,(H,22,23). The Kier molecular flexibility index (Phi) is 4.51. The average Bonchev–Trinajstić information content (AvgIpc) is 3.24. The van der Waals surface area contributed by atoms with E-state index in [9.17, 15) is 18.0 Å². The molecular weight excluding hydrogens is 350 g/mol. The minimum Gasteiger partial charge on any atom is -0.405 e. The number of amides is 1. The van der Waals surface area contributed by atoms with Crippen molar-refractivity contribution in [3.63, 3.8) is 0 Å². The molecule has 0 unspecified atom stereocenters. The van der Waals surface area contributed by atoms with E-state index in [4.69, 9.17) is 9.31 Å². The molecular formula is C17H21BF3NO4. The van der Waals surface area contributed by atoms with Crippen molar-refractivity contribution in [3.05, 3.63) is 23.8 Å². The first-order chi connectivity index (χ1) is 11.9. The summed E-state index contributed by atoms with van der Waals surface area (Å²) in [6.45, 7) is 7.48. The van der Waals surface area contributed by atoms with Gasteiger partial charge in [-0.15, -0.1) is 13.2 Å². The molecule has 1 aromatic rings. The molecule has 142 valence electrons. The number of carbonyl (C=O) groups is 1. The van der Waals surface area contributed by atoms with E-state index < -0.39 is 36.3 Å². The molecule has 2 aliphatic rings. The molecule has 1 aliphatic carbocycles. The Balaban J connectivity index is 1.91. The van der Waals surface area contributed by atoms with Crippen molar-refractivity contribution >= 4 is 18.5 Å². The van der Waals surface area contributed by atoms with Crippen molar-refractivity contribution in [2.75, 3.05) is 0 Å². The molecule has 0 spiro atoms. The zero-order valence-corrected chi connectivity index (χ0v) is 15.1. The predicted molar refractivity (Wildman–Crippen MR) is 89.3 cm³/mol. The van der Waals surface area contributed by atoms with Crippen LogP contribution in [0.15, 0.2) is 18.2 Å². The van der Waals surface area contributed by atoms with Gasteiger partial charge in [0, 0.05) is 6.04 Å². The van der Waals surface area contributed by atoms with Crippen molar-refractivity contribution in [2.24, 2.45) is 0 Å². The monoisotopic (exact) mass is 371 g/mol. The predicted octanol–water partition coefficient (Wildman–Crippen LogP) is 2.78. The lowest BCUT2D eigenvalue weighted by molar-refractivity contribution is -0.274. The Hall–Kier alpha value is -1.74.